The van der Waals surface area contributed by atoms with Gasteiger partial charge in [-0.2, -0.15) is 0 Å². The third kappa shape index (κ3) is 7.03. The Hall–Kier alpha value is -9.06. The second kappa shape index (κ2) is 17.0. The van der Waals surface area contributed by atoms with E-state index in [9.17, 15) is 0 Å². The minimum absolute atomic E-state index is 0.0651. The third-order valence-corrected chi connectivity index (χ3v) is 13.8. The first-order valence-corrected chi connectivity index (χ1v) is 23.7. The van der Waals surface area contributed by atoms with Crippen LogP contribution in [0.3, 0.4) is 0 Å². The smallest absolute Gasteiger partial charge is 0.252 e. The Morgan fingerprint density at radius 1 is 0.261 bits per heavy atom. The first kappa shape index (κ1) is 40.2. The van der Waals surface area contributed by atoms with Crippen LogP contribution < -0.4 is 36.0 Å². The fourth-order valence-electron chi connectivity index (χ4n) is 10.7. The SMILES string of the molecule is c1ccc(-c2ccc(N3c4cc(N(c5ccccc5)c5ccccc5)ccc4B4c5ccc(N(c6ccccc6)c6ccccc6)cc5N(c5ccc6ccccc6c5)c5cccc3c54)cc2)cc1. The average molecular weight is 881 g/mol. The first-order valence-electron chi connectivity index (χ1n) is 23.7. The molecule has 2 aliphatic heterocycles. The van der Waals surface area contributed by atoms with Crippen LogP contribution in [0.4, 0.5) is 68.2 Å². The van der Waals surface area contributed by atoms with Crippen molar-refractivity contribution in [2.45, 2.75) is 0 Å². The third-order valence-electron chi connectivity index (χ3n) is 13.8. The van der Waals surface area contributed by atoms with E-state index in [2.05, 4.69) is 293 Å². The maximum Gasteiger partial charge on any atom is 0.252 e. The number of benzene rings is 11. The van der Waals surface area contributed by atoms with Gasteiger partial charge < -0.3 is 19.6 Å². The number of hydrogen-bond donors (Lipinski definition) is 0. The number of para-hydroxylation sites is 4. The molecule has 0 N–H and O–H groups in total. The molecule has 5 heteroatoms. The second-order valence-electron chi connectivity index (χ2n) is 17.8. The van der Waals surface area contributed by atoms with Gasteiger partial charge in [0.2, 0.25) is 0 Å². The minimum Gasteiger partial charge on any atom is -0.311 e. The highest BCUT2D eigenvalue weighted by atomic mass is 15.2. The zero-order valence-electron chi connectivity index (χ0n) is 37.8. The molecule has 69 heavy (non-hydrogen) atoms. The molecule has 11 aromatic rings. The van der Waals surface area contributed by atoms with E-state index in [1.54, 1.807) is 0 Å². The van der Waals surface area contributed by atoms with Crippen molar-refractivity contribution in [2.24, 2.45) is 0 Å². The highest BCUT2D eigenvalue weighted by molar-refractivity contribution is 7.00. The van der Waals surface area contributed by atoms with Gasteiger partial charge in [0.1, 0.15) is 0 Å². The molecule has 0 saturated heterocycles. The predicted octanol–water partition coefficient (Wildman–Crippen LogP) is 15.5. The maximum absolute atomic E-state index is 2.51. The lowest BCUT2D eigenvalue weighted by Crippen LogP contribution is -2.61. The molecule has 0 aliphatic carbocycles. The molecule has 0 unspecified atom stereocenters. The summed E-state index contributed by atoms with van der Waals surface area (Å²) in [6.07, 6.45) is 0. The lowest BCUT2D eigenvalue weighted by molar-refractivity contribution is 1.23. The number of anilines is 12. The van der Waals surface area contributed by atoms with Crippen molar-refractivity contribution in [3.05, 3.63) is 273 Å². The van der Waals surface area contributed by atoms with Crippen LogP contribution in [-0.4, -0.2) is 6.71 Å². The Morgan fingerprint density at radius 2 is 0.667 bits per heavy atom. The van der Waals surface area contributed by atoms with Gasteiger partial charge >= 0.3 is 0 Å². The molecular weight excluding hydrogens is 836 g/mol. The molecular formula is C64H45BN4. The summed E-state index contributed by atoms with van der Waals surface area (Å²) >= 11 is 0. The van der Waals surface area contributed by atoms with Crippen molar-refractivity contribution in [1.29, 1.82) is 0 Å². The number of rotatable bonds is 9. The van der Waals surface area contributed by atoms with Crippen molar-refractivity contribution < 1.29 is 0 Å². The van der Waals surface area contributed by atoms with Crippen LogP contribution in [-0.2, 0) is 0 Å². The van der Waals surface area contributed by atoms with Crippen LogP contribution in [0.1, 0.15) is 0 Å². The van der Waals surface area contributed by atoms with E-state index in [0.717, 1.165) is 62.6 Å². The number of nitrogens with zero attached hydrogens (tertiary/aromatic N) is 4. The average Bonchev–Trinajstić information content (AvgIpc) is 3.42. The Kier molecular flexibility index (Phi) is 9.91. The maximum atomic E-state index is 2.51. The lowest BCUT2D eigenvalue weighted by Gasteiger charge is -2.44. The molecule has 0 amide bonds. The van der Waals surface area contributed by atoms with Crippen molar-refractivity contribution >= 4 is 102 Å². The van der Waals surface area contributed by atoms with Gasteiger partial charge in [0.15, 0.2) is 0 Å². The summed E-state index contributed by atoms with van der Waals surface area (Å²) in [5.41, 5.74) is 19.6. The molecule has 0 radical (unpaired) electrons. The molecule has 0 bridgehead atoms. The van der Waals surface area contributed by atoms with Gasteiger partial charge in [0.25, 0.3) is 6.71 Å². The van der Waals surface area contributed by atoms with Crippen LogP contribution in [0.25, 0.3) is 21.9 Å². The summed E-state index contributed by atoms with van der Waals surface area (Å²) in [6, 6.07) is 99.3. The zero-order valence-corrected chi connectivity index (χ0v) is 37.8. The molecule has 0 atom stereocenters. The van der Waals surface area contributed by atoms with Gasteiger partial charge in [-0.25, -0.2) is 0 Å². The molecule has 0 saturated carbocycles. The Balaban J connectivity index is 1.07. The van der Waals surface area contributed by atoms with Crippen LogP contribution in [0.2, 0.25) is 0 Å². The highest BCUT2D eigenvalue weighted by Crippen LogP contribution is 2.48. The predicted molar refractivity (Wildman–Crippen MR) is 293 cm³/mol. The van der Waals surface area contributed by atoms with Gasteiger partial charge in [-0.1, -0.05) is 164 Å². The lowest BCUT2D eigenvalue weighted by atomic mass is 9.33. The van der Waals surface area contributed by atoms with E-state index in [-0.39, 0.29) is 6.71 Å². The van der Waals surface area contributed by atoms with Gasteiger partial charge in [-0.15, -0.1) is 0 Å². The normalized spacial score (nSPS) is 12.3. The van der Waals surface area contributed by atoms with E-state index in [4.69, 9.17) is 0 Å². The van der Waals surface area contributed by atoms with Gasteiger partial charge in [-0.3, -0.25) is 0 Å². The number of hydrogen-bond acceptors (Lipinski definition) is 4. The largest absolute Gasteiger partial charge is 0.311 e. The van der Waals surface area contributed by atoms with Gasteiger partial charge in [-0.05, 0) is 147 Å². The Morgan fingerprint density at radius 3 is 1.16 bits per heavy atom. The molecule has 324 valence electrons. The van der Waals surface area contributed by atoms with E-state index in [1.165, 1.54) is 44.0 Å². The van der Waals surface area contributed by atoms with Gasteiger partial charge in [0, 0.05) is 68.2 Å². The van der Waals surface area contributed by atoms with Crippen molar-refractivity contribution in [1.82, 2.24) is 0 Å². The first-order chi connectivity index (χ1) is 34.2. The minimum atomic E-state index is -0.0651. The zero-order chi connectivity index (χ0) is 45.7. The Bertz CT molecular complexity index is 3550. The standard InChI is InChI=1S/C64H45BN4/c1-6-19-46(20-7-1)48-33-36-54(37-34-48)68-60-31-18-32-61-64(60)65(58-41-39-56(44-62(58)68)66(50-23-8-2-9-24-50)51-25-10-3-11-26-51)59-42-40-57(67(52-27-12-4-13-28-52)53-29-14-5-15-30-53)45-63(59)69(61)55-38-35-47-21-16-17-22-49(47)43-55/h1-45H. The molecule has 0 spiro atoms. The molecule has 13 rings (SSSR count). The summed E-state index contributed by atoms with van der Waals surface area (Å²) in [5, 5.41) is 2.42. The molecule has 2 aliphatic rings. The Labute approximate surface area is 403 Å². The van der Waals surface area contributed by atoms with Crippen molar-refractivity contribution in [3.8, 4) is 11.1 Å². The molecule has 2 heterocycles. The van der Waals surface area contributed by atoms with Crippen LogP contribution in [0.15, 0.2) is 273 Å². The summed E-state index contributed by atoms with van der Waals surface area (Å²) in [5.74, 6) is 0. The van der Waals surface area contributed by atoms with E-state index < -0.39 is 0 Å². The molecule has 11 aromatic carbocycles. The van der Waals surface area contributed by atoms with Crippen LogP contribution in [0, 0.1) is 0 Å². The molecule has 4 nitrogen and oxygen atoms in total. The molecule has 0 fully saturated rings. The van der Waals surface area contributed by atoms with E-state index >= 15 is 0 Å². The summed E-state index contributed by atoms with van der Waals surface area (Å²) < 4.78 is 0. The monoisotopic (exact) mass is 880 g/mol. The fraction of sp³-hybridized carbons (Fsp3) is 0. The van der Waals surface area contributed by atoms with Crippen molar-refractivity contribution in [2.75, 3.05) is 19.6 Å². The quantitative estimate of drug-likeness (QED) is 0.134. The highest BCUT2D eigenvalue weighted by Gasteiger charge is 2.43. The molecule has 0 aromatic heterocycles. The van der Waals surface area contributed by atoms with Gasteiger partial charge in [0.05, 0.1) is 0 Å². The van der Waals surface area contributed by atoms with Crippen LogP contribution in [0.5, 0.6) is 0 Å². The second-order valence-corrected chi connectivity index (χ2v) is 17.8. The fourth-order valence-corrected chi connectivity index (χ4v) is 10.7. The summed E-state index contributed by atoms with van der Waals surface area (Å²) in [6.45, 7) is -0.0651. The number of fused-ring (bicyclic) bond motifs is 5. The topological polar surface area (TPSA) is 13.0 Å². The van der Waals surface area contributed by atoms with E-state index in [1.807, 2.05) is 0 Å². The van der Waals surface area contributed by atoms with Crippen LogP contribution >= 0.6 is 0 Å². The van der Waals surface area contributed by atoms with E-state index in [0.29, 0.717) is 0 Å². The summed E-state index contributed by atoms with van der Waals surface area (Å²) in [4.78, 5) is 9.75. The van der Waals surface area contributed by atoms with Crippen molar-refractivity contribution in [3.63, 3.8) is 0 Å². The summed E-state index contributed by atoms with van der Waals surface area (Å²) in [7, 11) is 0.